The van der Waals surface area contributed by atoms with E-state index in [9.17, 15) is 9.59 Å². The predicted octanol–water partition coefficient (Wildman–Crippen LogP) is 3.19. The third-order valence-corrected chi connectivity index (χ3v) is 4.16. The maximum atomic E-state index is 12.3. The molecule has 1 aromatic carbocycles. The normalized spacial score (nSPS) is 10.4. The lowest BCUT2D eigenvalue weighted by molar-refractivity contribution is 0.0767. The highest BCUT2D eigenvalue weighted by Gasteiger charge is 2.16. The van der Waals surface area contributed by atoms with Crippen molar-refractivity contribution in [2.24, 2.45) is 0 Å². The molecule has 0 bridgehead atoms. The summed E-state index contributed by atoms with van der Waals surface area (Å²) in [5, 5.41) is 3.55. The van der Waals surface area contributed by atoms with Gasteiger partial charge in [0.25, 0.3) is 11.8 Å². The summed E-state index contributed by atoms with van der Waals surface area (Å²) in [5.74, 6) is -0.384. The van der Waals surface area contributed by atoms with Crippen molar-refractivity contribution in [3.8, 4) is 0 Å². The number of pyridine rings is 1. The second kappa shape index (κ2) is 9.18. The Hall–Kier alpha value is -2.40. The summed E-state index contributed by atoms with van der Waals surface area (Å²) in [7, 11) is 0. The lowest BCUT2D eigenvalue weighted by Crippen LogP contribution is -2.31. The molecule has 0 atom stereocenters. The van der Waals surface area contributed by atoms with E-state index in [0.29, 0.717) is 36.6 Å². The number of benzene rings is 1. The number of amides is 2. The van der Waals surface area contributed by atoms with E-state index in [-0.39, 0.29) is 17.5 Å². The number of hydrogen-bond donors (Lipinski definition) is 1. The van der Waals surface area contributed by atoms with E-state index >= 15 is 0 Å². The Morgan fingerprint density at radius 1 is 1.12 bits per heavy atom. The quantitative estimate of drug-likeness (QED) is 0.825. The number of rotatable bonds is 7. The molecule has 132 valence electrons. The molecule has 0 radical (unpaired) electrons. The van der Waals surface area contributed by atoms with E-state index in [4.69, 9.17) is 11.6 Å². The molecule has 2 amide bonds. The van der Waals surface area contributed by atoms with E-state index < -0.39 is 0 Å². The van der Waals surface area contributed by atoms with Gasteiger partial charge in [-0.2, -0.15) is 0 Å². The molecule has 6 heteroatoms. The Labute approximate surface area is 153 Å². The standard InChI is InChI=1S/C19H22ClN3O2/c1-3-23(4-2)19(25)17-13-15(10-12-21-17)18(24)22-11-9-14-5-7-16(20)8-6-14/h5-8,10,12-13H,3-4,9,11H2,1-2H3,(H,22,24). The highest BCUT2D eigenvalue weighted by Crippen LogP contribution is 2.10. The lowest BCUT2D eigenvalue weighted by atomic mass is 10.1. The molecule has 0 aliphatic heterocycles. The van der Waals surface area contributed by atoms with Gasteiger partial charge in [-0.15, -0.1) is 0 Å². The predicted molar refractivity (Wildman–Crippen MR) is 99.0 cm³/mol. The Morgan fingerprint density at radius 3 is 2.44 bits per heavy atom. The fraction of sp³-hybridized carbons (Fsp3) is 0.316. The van der Waals surface area contributed by atoms with Crippen molar-refractivity contribution in [2.45, 2.75) is 20.3 Å². The molecule has 1 aromatic heterocycles. The molecule has 0 aliphatic carbocycles. The molecule has 25 heavy (non-hydrogen) atoms. The van der Waals surface area contributed by atoms with Crippen LogP contribution in [0.2, 0.25) is 5.02 Å². The first-order chi connectivity index (χ1) is 12.0. The number of carbonyl (C=O) groups is 2. The fourth-order valence-corrected chi connectivity index (χ4v) is 2.56. The van der Waals surface area contributed by atoms with Crippen molar-refractivity contribution in [1.82, 2.24) is 15.2 Å². The van der Waals surface area contributed by atoms with Gasteiger partial charge in [0.15, 0.2) is 0 Å². The number of nitrogens with zero attached hydrogens (tertiary/aromatic N) is 2. The number of nitrogens with one attached hydrogen (secondary N) is 1. The maximum Gasteiger partial charge on any atom is 0.272 e. The van der Waals surface area contributed by atoms with Crippen LogP contribution in [-0.2, 0) is 6.42 Å². The number of aromatic nitrogens is 1. The fourth-order valence-electron chi connectivity index (χ4n) is 2.44. The monoisotopic (exact) mass is 359 g/mol. The summed E-state index contributed by atoms with van der Waals surface area (Å²) >= 11 is 5.85. The summed E-state index contributed by atoms with van der Waals surface area (Å²) < 4.78 is 0. The van der Waals surface area contributed by atoms with Gasteiger partial charge in [-0.3, -0.25) is 14.6 Å². The zero-order valence-corrected chi connectivity index (χ0v) is 15.2. The van der Waals surface area contributed by atoms with Crippen LogP contribution in [0.1, 0.15) is 40.3 Å². The number of hydrogen-bond acceptors (Lipinski definition) is 3. The molecular formula is C19H22ClN3O2. The van der Waals surface area contributed by atoms with E-state index in [1.807, 2.05) is 38.1 Å². The summed E-state index contributed by atoms with van der Waals surface area (Å²) in [6.45, 7) is 5.54. The number of carbonyl (C=O) groups excluding carboxylic acids is 2. The van der Waals surface area contributed by atoms with E-state index in [2.05, 4.69) is 10.3 Å². The summed E-state index contributed by atoms with van der Waals surface area (Å²) in [6, 6.07) is 10.7. The molecule has 0 unspecified atom stereocenters. The summed E-state index contributed by atoms with van der Waals surface area (Å²) in [5.41, 5.74) is 1.81. The van der Waals surface area contributed by atoms with Gasteiger partial charge >= 0.3 is 0 Å². The average molecular weight is 360 g/mol. The molecule has 1 heterocycles. The molecular weight excluding hydrogens is 338 g/mol. The van der Waals surface area contributed by atoms with Crippen molar-refractivity contribution in [3.05, 3.63) is 64.4 Å². The maximum absolute atomic E-state index is 12.3. The lowest BCUT2D eigenvalue weighted by Gasteiger charge is -2.18. The molecule has 0 aliphatic rings. The van der Waals surface area contributed by atoms with Gasteiger partial charge in [0.05, 0.1) is 0 Å². The van der Waals surface area contributed by atoms with Crippen molar-refractivity contribution in [1.29, 1.82) is 0 Å². The van der Waals surface area contributed by atoms with Crippen molar-refractivity contribution >= 4 is 23.4 Å². The van der Waals surface area contributed by atoms with Crippen LogP contribution in [-0.4, -0.2) is 41.3 Å². The molecule has 0 saturated heterocycles. The molecule has 5 nitrogen and oxygen atoms in total. The zero-order chi connectivity index (χ0) is 18.2. The van der Waals surface area contributed by atoms with Crippen LogP contribution in [0.4, 0.5) is 0 Å². The minimum Gasteiger partial charge on any atom is -0.352 e. The van der Waals surface area contributed by atoms with E-state index in [0.717, 1.165) is 5.56 Å². The Balaban J connectivity index is 1.96. The van der Waals surface area contributed by atoms with Gasteiger partial charge in [-0.1, -0.05) is 23.7 Å². The third kappa shape index (κ3) is 5.29. The Bertz CT molecular complexity index is 728. The topological polar surface area (TPSA) is 62.3 Å². The minimum atomic E-state index is -0.218. The smallest absolute Gasteiger partial charge is 0.272 e. The van der Waals surface area contributed by atoms with E-state index in [1.54, 1.807) is 11.0 Å². The van der Waals surface area contributed by atoms with Crippen molar-refractivity contribution in [3.63, 3.8) is 0 Å². The van der Waals surface area contributed by atoms with Crippen LogP contribution in [0, 0.1) is 0 Å². The van der Waals surface area contributed by atoms with Crippen LogP contribution in [0.25, 0.3) is 0 Å². The Morgan fingerprint density at radius 2 is 1.80 bits per heavy atom. The molecule has 0 fully saturated rings. The molecule has 1 N–H and O–H groups in total. The van der Waals surface area contributed by atoms with Crippen molar-refractivity contribution in [2.75, 3.05) is 19.6 Å². The highest BCUT2D eigenvalue weighted by molar-refractivity contribution is 6.30. The summed E-state index contributed by atoms with van der Waals surface area (Å²) in [6.07, 6.45) is 2.20. The van der Waals surface area contributed by atoms with Gasteiger partial charge in [0.1, 0.15) is 5.69 Å². The largest absolute Gasteiger partial charge is 0.352 e. The van der Waals surface area contributed by atoms with Crippen molar-refractivity contribution < 1.29 is 9.59 Å². The second-order valence-electron chi connectivity index (χ2n) is 5.54. The van der Waals surface area contributed by atoms with Gasteiger partial charge in [0.2, 0.25) is 0 Å². The van der Waals surface area contributed by atoms with Gasteiger partial charge in [-0.05, 0) is 50.1 Å². The van der Waals surface area contributed by atoms with Crippen LogP contribution < -0.4 is 5.32 Å². The zero-order valence-electron chi connectivity index (χ0n) is 14.5. The summed E-state index contributed by atoms with van der Waals surface area (Å²) in [4.78, 5) is 30.4. The highest BCUT2D eigenvalue weighted by atomic mass is 35.5. The van der Waals surface area contributed by atoms with Crippen LogP contribution in [0.5, 0.6) is 0 Å². The first-order valence-corrected chi connectivity index (χ1v) is 8.71. The first-order valence-electron chi connectivity index (χ1n) is 8.33. The van der Waals surface area contributed by atoms with Gasteiger partial charge in [-0.25, -0.2) is 0 Å². The molecule has 2 aromatic rings. The van der Waals surface area contributed by atoms with Crippen LogP contribution in [0.15, 0.2) is 42.6 Å². The van der Waals surface area contributed by atoms with Crippen LogP contribution >= 0.6 is 11.6 Å². The SMILES string of the molecule is CCN(CC)C(=O)c1cc(C(=O)NCCc2ccc(Cl)cc2)ccn1. The number of halogens is 1. The average Bonchev–Trinajstić information content (AvgIpc) is 2.64. The molecule has 0 spiro atoms. The Kier molecular flexibility index (Phi) is 6.95. The first kappa shape index (κ1) is 18.9. The van der Waals surface area contributed by atoms with Gasteiger partial charge < -0.3 is 10.2 Å². The second-order valence-corrected chi connectivity index (χ2v) is 5.98. The molecule has 2 rings (SSSR count). The van der Waals surface area contributed by atoms with Gasteiger partial charge in [0, 0.05) is 36.4 Å². The molecule has 0 saturated carbocycles. The van der Waals surface area contributed by atoms with E-state index in [1.165, 1.54) is 12.3 Å². The van der Waals surface area contributed by atoms with Crippen LogP contribution in [0.3, 0.4) is 0 Å². The third-order valence-electron chi connectivity index (χ3n) is 3.90. The minimum absolute atomic E-state index is 0.166.